The summed E-state index contributed by atoms with van der Waals surface area (Å²) in [5.74, 6) is -0.0888. The van der Waals surface area contributed by atoms with Crippen molar-refractivity contribution < 1.29 is 27.5 Å². The Kier molecular flexibility index (Phi) is 10.6. The first-order valence-electron chi connectivity index (χ1n) is 11.4. The zero-order valence-corrected chi connectivity index (χ0v) is 23.9. The third-order valence-corrected chi connectivity index (χ3v) is 7.44. The van der Waals surface area contributed by atoms with E-state index in [0.717, 1.165) is 27.0 Å². The van der Waals surface area contributed by atoms with Gasteiger partial charge in [-0.2, -0.15) is 0 Å². The molecule has 0 saturated carbocycles. The standard InChI is InChI=1S/C25H34BrN3O6S/c1-7-17(2)27-25(31)18(3)28(15-19-8-10-20(26)11-9-19)24(30)16-29(36(6,32)33)21-12-13-22(34-4)23(14-21)35-5/h8-14,17-18H,7,15-16H2,1-6H3,(H,27,31)/t17-,18-/m0/s1. The highest BCUT2D eigenvalue weighted by atomic mass is 79.9. The van der Waals surface area contributed by atoms with E-state index in [4.69, 9.17) is 9.47 Å². The Hall–Kier alpha value is -2.79. The van der Waals surface area contributed by atoms with Crippen LogP contribution >= 0.6 is 15.9 Å². The molecule has 0 spiro atoms. The summed E-state index contributed by atoms with van der Waals surface area (Å²) in [4.78, 5) is 27.9. The van der Waals surface area contributed by atoms with Gasteiger partial charge in [-0.1, -0.05) is 35.0 Å². The number of rotatable bonds is 12. The molecule has 1 N–H and O–H groups in total. The van der Waals surface area contributed by atoms with Crippen LogP contribution < -0.4 is 19.1 Å². The number of anilines is 1. The van der Waals surface area contributed by atoms with Crippen LogP contribution in [0.3, 0.4) is 0 Å². The Morgan fingerprint density at radius 1 is 1.03 bits per heavy atom. The molecule has 2 amide bonds. The van der Waals surface area contributed by atoms with Gasteiger partial charge in [0.05, 0.1) is 26.2 Å². The molecule has 0 unspecified atom stereocenters. The fourth-order valence-corrected chi connectivity index (χ4v) is 4.53. The molecule has 198 valence electrons. The quantitative estimate of drug-likeness (QED) is 0.409. The molecular formula is C25H34BrN3O6S. The third kappa shape index (κ3) is 7.86. The van der Waals surface area contributed by atoms with Crippen molar-refractivity contribution in [2.75, 3.05) is 31.3 Å². The van der Waals surface area contributed by atoms with Gasteiger partial charge in [-0.25, -0.2) is 8.42 Å². The first-order chi connectivity index (χ1) is 16.9. The van der Waals surface area contributed by atoms with Gasteiger partial charge in [0.2, 0.25) is 21.8 Å². The number of benzene rings is 2. The van der Waals surface area contributed by atoms with E-state index in [9.17, 15) is 18.0 Å². The summed E-state index contributed by atoms with van der Waals surface area (Å²) in [6, 6.07) is 11.1. The largest absolute Gasteiger partial charge is 0.493 e. The van der Waals surface area contributed by atoms with Gasteiger partial charge in [0, 0.05) is 23.1 Å². The number of carbonyl (C=O) groups excluding carboxylic acids is 2. The Morgan fingerprint density at radius 3 is 2.17 bits per heavy atom. The number of hydrogen-bond donors (Lipinski definition) is 1. The van der Waals surface area contributed by atoms with E-state index in [-0.39, 0.29) is 24.2 Å². The molecule has 11 heteroatoms. The van der Waals surface area contributed by atoms with Crippen molar-refractivity contribution in [2.24, 2.45) is 0 Å². The van der Waals surface area contributed by atoms with Gasteiger partial charge in [-0.15, -0.1) is 0 Å². The predicted octanol–water partition coefficient (Wildman–Crippen LogP) is 3.56. The van der Waals surface area contributed by atoms with Crippen molar-refractivity contribution in [1.82, 2.24) is 10.2 Å². The lowest BCUT2D eigenvalue weighted by molar-refractivity contribution is -0.139. The molecule has 2 aromatic rings. The average Bonchev–Trinajstić information content (AvgIpc) is 2.85. The van der Waals surface area contributed by atoms with Gasteiger partial charge < -0.3 is 19.7 Å². The molecule has 0 aliphatic rings. The Labute approximate surface area is 221 Å². The van der Waals surface area contributed by atoms with Gasteiger partial charge >= 0.3 is 0 Å². The van der Waals surface area contributed by atoms with E-state index in [0.29, 0.717) is 11.5 Å². The first kappa shape index (κ1) is 29.4. The molecule has 0 heterocycles. The fraction of sp³-hybridized carbons (Fsp3) is 0.440. The SMILES string of the molecule is CC[C@H](C)NC(=O)[C@H](C)N(Cc1ccc(Br)cc1)C(=O)CN(c1ccc(OC)c(OC)c1)S(C)(=O)=O. The van der Waals surface area contributed by atoms with Crippen molar-refractivity contribution in [3.8, 4) is 11.5 Å². The molecule has 0 radical (unpaired) electrons. The zero-order valence-electron chi connectivity index (χ0n) is 21.4. The highest BCUT2D eigenvalue weighted by molar-refractivity contribution is 9.10. The molecule has 0 bridgehead atoms. The molecule has 36 heavy (non-hydrogen) atoms. The van der Waals surface area contributed by atoms with Crippen molar-refractivity contribution >= 4 is 43.5 Å². The third-order valence-electron chi connectivity index (χ3n) is 5.77. The van der Waals surface area contributed by atoms with E-state index >= 15 is 0 Å². The van der Waals surface area contributed by atoms with Crippen molar-refractivity contribution in [3.63, 3.8) is 0 Å². The van der Waals surface area contributed by atoms with Crippen molar-refractivity contribution in [3.05, 3.63) is 52.5 Å². The maximum absolute atomic E-state index is 13.6. The van der Waals surface area contributed by atoms with Crippen molar-refractivity contribution in [1.29, 1.82) is 0 Å². The monoisotopic (exact) mass is 583 g/mol. The van der Waals surface area contributed by atoms with E-state index in [2.05, 4.69) is 21.2 Å². The van der Waals surface area contributed by atoms with Crippen LogP contribution in [-0.4, -0.2) is 64.2 Å². The van der Waals surface area contributed by atoms with Crippen LogP contribution in [0.2, 0.25) is 0 Å². The molecular weight excluding hydrogens is 550 g/mol. The zero-order chi connectivity index (χ0) is 27.0. The number of sulfonamides is 1. The summed E-state index contributed by atoms with van der Waals surface area (Å²) < 4.78 is 37.9. The van der Waals surface area contributed by atoms with Gasteiger partial charge in [-0.3, -0.25) is 13.9 Å². The van der Waals surface area contributed by atoms with Crippen LogP contribution in [0, 0.1) is 0 Å². The Bertz CT molecular complexity index is 1160. The number of amides is 2. The van der Waals surface area contributed by atoms with E-state index in [1.165, 1.54) is 31.3 Å². The molecule has 0 fully saturated rings. The summed E-state index contributed by atoms with van der Waals surface area (Å²) in [6.45, 7) is 5.10. The van der Waals surface area contributed by atoms with Gasteiger partial charge in [-0.05, 0) is 50.1 Å². The van der Waals surface area contributed by atoms with Crippen LogP contribution in [0.15, 0.2) is 46.9 Å². The van der Waals surface area contributed by atoms with Crippen LogP contribution in [0.1, 0.15) is 32.8 Å². The molecule has 2 rings (SSSR count). The van der Waals surface area contributed by atoms with Crippen molar-refractivity contribution in [2.45, 2.75) is 45.8 Å². The number of carbonyl (C=O) groups is 2. The molecule has 0 saturated heterocycles. The minimum Gasteiger partial charge on any atom is -0.493 e. The summed E-state index contributed by atoms with van der Waals surface area (Å²) >= 11 is 3.39. The van der Waals surface area contributed by atoms with E-state index in [1.807, 2.05) is 38.1 Å². The minimum atomic E-state index is -3.86. The summed E-state index contributed by atoms with van der Waals surface area (Å²) in [5, 5.41) is 2.90. The van der Waals surface area contributed by atoms with Gasteiger partial charge in [0.15, 0.2) is 11.5 Å². The molecule has 0 aliphatic heterocycles. The normalized spacial score (nSPS) is 12.9. The second kappa shape index (κ2) is 13.0. The number of ether oxygens (including phenoxy) is 2. The van der Waals surface area contributed by atoms with Gasteiger partial charge in [0.25, 0.3) is 0 Å². The highest BCUT2D eigenvalue weighted by Crippen LogP contribution is 2.32. The molecule has 0 aromatic heterocycles. The Balaban J connectivity index is 2.43. The topological polar surface area (TPSA) is 105 Å². The number of nitrogens with zero attached hydrogens (tertiary/aromatic N) is 2. The Morgan fingerprint density at radius 2 is 1.64 bits per heavy atom. The lowest BCUT2D eigenvalue weighted by atomic mass is 10.1. The van der Waals surface area contributed by atoms with E-state index in [1.54, 1.807) is 13.0 Å². The first-order valence-corrected chi connectivity index (χ1v) is 14.1. The number of methoxy groups -OCH3 is 2. The number of halogens is 1. The lowest BCUT2D eigenvalue weighted by Crippen LogP contribution is -2.52. The van der Waals surface area contributed by atoms with Crippen LogP contribution in [0.5, 0.6) is 11.5 Å². The minimum absolute atomic E-state index is 0.0659. The lowest BCUT2D eigenvalue weighted by Gasteiger charge is -2.32. The molecule has 2 atom stereocenters. The molecule has 0 aliphatic carbocycles. The maximum Gasteiger partial charge on any atom is 0.244 e. The second-order valence-electron chi connectivity index (χ2n) is 8.45. The molecule has 2 aromatic carbocycles. The summed E-state index contributed by atoms with van der Waals surface area (Å²) in [7, 11) is -0.943. The highest BCUT2D eigenvalue weighted by Gasteiger charge is 2.30. The predicted molar refractivity (Wildman–Crippen MR) is 144 cm³/mol. The number of hydrogen-bond acceptors (Lipinski definition) is 6. The fourth-order valence-electron chi connectivity index (χ4n) is 3.43. The van der Waals surface area contributed by atoms with E-state index < -0.39 is 28.5 Å². The van der Waals surface area contributed by atoms with Crippen LogP contribution in [0.4, 0.5) is 5.69 Å². The van der Waals surface area contributed by atoms with Crippen LogP contribution in [-0.2, 0) is 26.2 Å². The maximum atomic E-state index is 13.6. The van der Waals surface area contributed by atoms with Crippen LogP contribution in [0.25, 0.3) is 0 Å². The number of nitrogens with one attached hydrogen (secondary N) is 1. The smallest absolute Gasteiger partial charge is 0.244 e. The van der Waals surface area contributed by atoms with Gasteiger partial charge in [0.1, 0.15) is 12.6 Å². The summed E-state index contributed by atoms with van der Waals surface area (Å²) in [6.07, 6.45) is 1.76. The average molecular weight is 585 g/mol. The summed E-state index contributed by atoms with van der Waals surface area (Å²) in [5.41, 5.74) is 1.04. The molecule has 9 nitrogen and oxygen atoms in total. The second-order valence-corrected chi connectivity index (χ2v) is 11.3.